The summed E-state index contributed by atoms with van der Waals surface area (Å²) < 4.78 is 7.79. The highest BCUT2D eigenvalue weighted by atomic mass is 32.1. The van der Waals surface area contributed by atoms with E-state index in [2.05, 4.69) is 90.4 Å². The second-order valence-electron chi connectivity index (χ2n) is 10.1. The molecule has 0 unspecified atom stereocenters. The first-order chi connectivity index (χ1) is 19.6. The number of benzene rings is 3. The Labute approximate surface area is 239 Å². The number of aliphatic imine (C=N–C) groups is 1. The van der Waals surface area contributed by atoms with E-state index in [-0.39, 0.29) is 5.97 Å². The molecule has 0 amide bonds. The fourth-order valence-electron chi connectivity index (χ4n) is 5.49. The predicted molar refractivity (Wildman–Crippen MR) is 166 cm³/mol. The number of rotatable bonds is 7. The molecule has 6 rings (SSSR count). The molecule has 5 aromatic rings. The SMILES string of the molecule is CCOC(=O)c1c(N=Cc2cc(-c3ccccc3)n(-c3ccc(C)cc3)c2-c2ccccc2)sc2c1CCCC2. The number of thiophene rings is 1. The van der Waals surface area contributed by atoms with Gasteiger partial charge in [-0.25, -0.2) is 9.79 Å². The normalized spacial score (nSPS) is 12.9. The zero-order valence-corrected chi connectivity index (χ0v) is 23.7. The topological polar surface area (TPSA) is 43.6 Å². The first kappa shape index (κ1) is 26.0. The Balaban J connectivity index is 1.56. The number of ether oxygens (including phenoxy) is 1. The Morgan fingerprint density at radius 3 is 2.30 bits per heavy atom. The van der Waals surface area contributed by atoms with Crippen LogP contribution in [0.2, 0.25) is 0 Å². The molecule has 0 saturated heterocycles. The van der Waals surface area contributed by atoms with Crippen molar-refractivity contribution in [3.8, 4) is 28.2 Å². The van der Waals surface area contributed by atoms with Crippen LogP contribution in [0.1, 0.15) is 51.7 Å². The molecule has 0 N–H and O–H groups in total. The molecule has 2 heterocycles. The maximum absolute atomic E-state index is 13.1. The Morgan fingerprint density at radius 2 is 1.60 bits per heavy atom. The van der Waals surface area contributed by atoms with Crippen molar-refractivity contribution in [2.75, 3.05) is 6.61 Å². The van der Waals surface area contributed by atoms with E-state index in [1.807, 2.05) is 25.3 Å². The van der Waals surface area contributed by atoms with Crippen molar-refractivity contribution in [1.82, 2.24) is 4.57 Å². The maximum atomic E-state index is 13.1. The number of nitrogens with zero attached hydrogens (tertiary/aromatic N) is 2. The molecule has 0 spiro atoms. The third kappa shape index (κ3) is 5.05. The van der Waals surface area contributed by atoms with Gasteiger partial charge >= 0.3 is 5.97 Å². The van der Waals surface area contributed by atoms with Gasteiger partial charge in [0.2, 0.25) is 0 Å². The zero-order valence-electron chi connectivity index (χ0n) is 22.9. The van der Waals surface area contributed by atoms with E-state index in [1.54, 1.807) is 11.3 Å². The van der Waals surface area contributed by atoms with Crippen LogP contribution in [0.4, 0.5) is 5.00 Å². The minimum Gasteiger partial charge on any atom is -0.462 e. The third-order valence-corrected chi connectivity index (χ3v) is 8.59. The van der Waals surface area contributed by atoms with Gasteiger partial charge in [0.1, 0.15) is 5.00 Å². The van der Waals surface area contributed by atoms with Gasteiger partial charge < -0.3 is 9.30 Å². The average Bonchev–Trinajstić information content (AvgIpc) is 3.56. The second kappa shape index (κ2) is 11.5. The maximum Gasteiger partial charge on any atom is 0.341 e. The van der Waals surface area contributed by atoms with E-state index in [0.717, 1.165) is 70.0 Å². The molecule has 4 nitrogen and oxygen atoms in total. The van der Waals surface area contributed by atoms with Gasteiger partial charge in [0.25, 0.3) is 0 Å². The van der Waals surface area contributed by atoms with Gasteiger partial charge in [-0.1, -0.05) is 78.4 Å². The molecular formula is C35H32N2O2S. The first-order valence-corrected chi connectivity index (χ1v) is 14.7. The number of aromatic nitrogens is 1. The summed E-state index contributed by atoms with van der Waals surface area (Å²) in [6.07, 6.45) is 6.08. The van der Waals surface area contributed by atoms with Crippen LogP contribution in [0.5, 0.6) is 0 Å². The Hall–Kier alpha value is -4.22. The van der Waals surface area contributed by atoms with Crippen molar-refractivity contribution in [3.05, 3.63) is 118 Å². The van der Waals surface area contributed by atoms with Crippen LogP contribution in [0.15, 0.2) is 96.0 Å². The molecule has 3 aromatic carbocycles. The van der Waals surface area contributed by atoms with Crippen LogP contribution in [-0.4, -0.2) is 23.4 Å². The highest BCUT2D eigenvalue weighted by molar-refractivity contribution is 7.16. The largest absolute Gasteiger partial charge is 0.462 e. The van der Waals surface area contributed by atoms with Crippen LogP contribution in [0, 0.1) is 6.92 Å². The average molecular weight is 545 g/mol. The smallest absolute Gasteiger partial charge is 0.341 e. The van der Waals surface area contributed by atoms with E-state index in [1.165, 1.54) is 10.4 Å². The van der Waals surface area contributed by atoms with Crippen LogP contribution >= 0.6 is 11.3 Å². The summed E-state index contributed by atoms with van der Waals surface area (Å²) in [4.78, 5) is 19.3. The molecule has 0 fully saturated rings. The van der Waals surface area contributed by atoms with Gasteiger partial charge in [0.15, 0.2) is 0 Å². The Morgan fingerprint density at radius 1 is 0.925 bits per heavy atom. The minimum atomic E-state index is -0.264. The molecular weight excluding hydrogens is 512 g/mol. The molecule has 0 radical (unpaired) electrons. The van der Waals surface area contributed by atoms with Crippen molar-refractivity contribution >= 4 is 28.5 Å². The number of carbonyl (C=O) groups excluding carboxylic acids is 1. The molecule has 2 aromatic heterocycles. The summed E-state index contributed by atoms with van der Waals surface area (Å²) in [6, 6.07) is 31.7. The third-order valence-electron chi connectivity index (χ3n) is 7.39. The lowest BCUT2D eigenvalue weighted by atomic mass is 9.95. The van der Waals surface area contributed by atoms with E-state index < -0.39 is 0 Å². The summed E-state index contributed by atoms with van der Waals surface area (Å²) in [5, 5.41) is 0.744. The van der Waals surface area contributed by atoms with E-state index in [4.69, 9.17) is 9.73 Å². The van der Waals surface area contributed by atoms with Crippen molar-refractivity contribution in [2.45, 2.75) is 39.5 Å². The lowest BCUT2D eigenvalue weighted by Crippen LogP contribution is -2.09. The van der Waals surface area contributed by atoms with Crippen LogP contribution in [0.3, 0.4) is 0 Å². The van der Waals surface area contributed by atoms with Gasteiger partial charge in [0, 0.05) is 22.3 Å². The van der Waals surface area contributed by atoms with Crippen molar-refractivity contribution < 1.29 is 9.53 Å². The number of aryl methyl sites for hydroxylation is 2. The zero-order chi connectivity index (χ0) is 27.5. The monoisotopic (exact) mass is 544 g/mol. The fourth-order valence-corrected chi connectivity index (χ4v) is 6.71. The standard InChI is InChI=1S/C35H32N2O2S/c1-3-39-35(38)32-29-16-10-11-17-31(29)40-34(32)36-23-27-22-30(25-12-6-4-7-13-25)37(28-20-18-24(2)19-21-28)33(27)26-14-8-5-9-15-26/h4-9,12-15,18-23H,3,10-11,16-17H2,1-2H3. The van der Waals surface area contributed by atoms with Gasteiger partial charge in [0.05, 0.1) is 23.6 Å². The summed E-state index contributed by atoms with van der Waals surface area (Å²) >= 11 is 1.64. The fraction of sp³-hybridized carbons (Fsp3) is 0.200. The summed E-state index contributed by atoms with van der Waals surface area (Å²) in [6.45, 7) is 4.31. The molecule has 0 atom stereocenters. The second-order valence-corrected chi connectivity index (χ2v) is 11.2. The molecule has 1 aliphatic rings. The van der Waals surface area contributed by atoms with E-state index in [9.17, 15) is 4.79 Å². The molecule has 200 valence electrons. The van der Waals surface area contributed by atoms with Crippen LogP contribution in [-0.2, 0) is 17.6 Å². The van der Waals surface area contributed by atoms with Crippen molar-refractivity contribution in [1.29, 1.82) is 0 Å². The minimum absolute atomic E-state index is 0.264. The number of carbonyl (C=O) groups is 1. The Bertz CT molecular complexity index is 1660. The lowest BCUT2D eigenvalue weighted by molar-refractivity contribution is 0.0526. The predicted octanol–water partition coefficient (Wildman–Crippen LogP) is 8.99. The Kier molecular flexibility index (Phi) is 7.47. The molecule has 0 saturated carbocycles. The number of fused-ring (bicyclic) bond motifs is 1. The van der Waals surface area contributed by atoms with Crippen LogP contribution < -0.4 is 0 Å². The summed E-state index contributed by atoms with van der Waals surface area (Å²) in [5.41, 5.74) is 9.45. The van der Waals surface area contributed by atoms with Crippen molar-refractivity contribution in [2.24, 2.45) is 4.99 Å². The first-order valence-electron chi connectivity index (χ1n) is 13.9. The van der Waals surface area contributed by atoms with E-state index in [0.29, 0.717) is 12.2 Å². The quantitative estimate of drug-likeness (QED) is 0.152. The molecule has 0 bridgehead atoms. The highest BCUT2D eigenvalue weighted by Gasteiger charge is 2.26. The number of hydrogen-bond donors (Lipinski definition) is 0. The summed E-state index contributed by atoms with van der Waals surface area (Å²) in [7, 11) is 0. The van der Waals surface area contributed by atoms with E-state index >= 15 is 0 Å². The highest BCUT2D eigenvalue weighted by Crippen LogP contribution is 2.41. The van der Waals surface area contributed by atoms with Crippen molar-refractivity contribution in [3.63, 3.8) is 0 Å². The lowest BCUT2D eigenvalue weighted by Gasteiger charge is -2.15. The van der Waals surface area contributed by atoms with Crippen LogP contribution in [0.25, 0.3) is 28.2 Å². The van der Waals surface area contributed by atoms with Gasteiger partial charge in [-0.15, -0.1) is 11.3 Å². The summed E-state index contributed by atoms with van der Waals surface area (Å²) in [5.74, 6) is -0.264. The van der Waals surface area contributed by atoms with Gasteiger partial charge in [-0.05, 0) is 74.4 Å². The van der Waals surface area contributed by atoms with Gasteiger partial charge in [-0.3, -0.25) is 0 Å². The molecule has 1 aliphatic carbocycles. The molecule has 5 heteroatoms. The van der Waals surface area contributed by atoms with Gasteiger partial charge in [-0.2, -0.15) is 0 Å². The molecule has 40 heavy (non-hydrogen) atoms. The number of esters is 1. The molecule has 0 aliphatic heterocycles. The number of hydrogen-bond acceptors (Lipinski definition) is 4.